The summed E-state index contributed by atoms with van der Waals surface area (Å²) in [7, 11) is 0. The summed E-state index contributed by atoms with van der Waals surface area (Å²) >= 11 is 1.84. The van der Waals surface area contributed by atoms with Crippen LogP contribution in [0, 0.1) is 0 Å². The summed E-state index contributed by atoms with van der Waals surface area (Å²) in [5, 5.41) is 0.641. The molecule has 0 spiro atoms. The first-order chi connectivity index (χ1) is 6.45. The van der Waals surface area contributed by atoms with Gasteiger partial charge in [-0.15, -0.1) is 0 Å². The maximum atomic E-state index is 13.3. The highest BCUT2D eigenvalue weighted by atomic mass is 32.2. The number of halogens is 1. The van der Waals surface area contributed by atoms with Crippen LogP contribution in [-0.4, -0.2) is 41.1 Å². The van der Waals surface area contributed by atoms with Crippen LogP contribution in [0.2, 0.25) is 0 Å². The predicted molar refractivity (Wildman–Crippen MR) is 58.3 cm³/mol. The molecule has 0 aliphatic carbocycles. The number of likely N-dealkylation sites (tertiary alicyclic amines) is 1. The van der Waals surface area contributed by atoms with Crippen LogP contribution in [0.15, 0.2) is 0 Å². The van der Waals surface area contributed by atoms with E-state index in [0.717, 1.165) is 12.8 Å². The van der Waals surface area contributed by atoms with Gasteiger partial charge < -0.3 is 4.90 Å². The van der Waals surface area contributed by atoms with Crippen LogP contribution in [0.25, 0.3) is 0 Å². The van der Waals surface area contributed by atoms with Gasteiger partial charge >= 0.3 is 0 Å². The molecule has 1 aliphatic heterocycles. The maximum absolute atomic E-state index is 13.3. The van der Waals surface area contributed by atoms with Crippen molar-refractivity contribution in [2.75, 3.05) is 19.3 Å². The molecule has 0 saturated carbocycles. The van der Waals surface area contributed by atoms with Crippen molar-refractivity contribution in [3.05, 3.63) is 0 Å². The highest BCUT2D eigenvalue weighted by Crippen LogP contribution is 2.23. The van der Waals surface area contributed by atoms with Crippen molar-refractivity contribution in [1.82, 2.24) is 4.90 Å². The first kappa shape index (κ1) is 11.8. The standard InChI is InChI=1S/C10H18FNOS/c1-10(2,11)9(13)12-6-4-8(14-3)5-7-12/h8H,4-7H2,1-3H3. The van der Waals surface area contributed by atoms with Crippen molar-refractivity contribution in [3.63, 3.8) is 0 Å². The van der Waals surface area contributed by atoms with Gasteiger partial charge in [-0.1, -0.05) is 0 Å². The lowest BCUT2D eigenvalue weighted by molar-refractivity contribution is -0.142. The molecule has 1 rings (SSSR count). The molecule has 0 aromatic heterocycles. The Hall–Kier alpha value is -0.250. The summed E-state index contributed by atoms with van der Waals surface area (Å²) in [5.74, 6) is -0.364. The number of carbonyl (C=O) groups is 1. The first-order valence-electron chi connectivity index (χ1n) is 4.96. The molecule has 82 valence electrons. The highest BCUT2D eigenvalue weighted by Gasteiger charge is 2.33. The minimum absolute atomic E-state index is 0.364. The Labute approximate surface area is 89.2 Å². The van der Waals surface area contributed by atoms with Crippen LogP contribution in [-0.2, 0) is 4.79 Å². The summed E-state index contributed by atoms with van der Waals surface area (Å²) < 4.78 is 13.3. The van der Waals surface area contributed by atoms with Gasteiger partial charge in [-0.3, -0.25) is 4.79 Å². The van der Waals surface area contributed by atoms with E-state index in [0.29, 0.717) is 18.3 Å². The minimum atomic E-state index is -1.72. The van der Waals surface area contributed by atoms with Crippen LogP contribution < -0.4 is 0 Å². The average Bonchev–Trinajstić information content (AvgIpc) is 2.15. The van der Waals surface area contributed by atoms with Gasteiger partial charge in [0.05, 0.1) is 0 Å². The number of piperidine rings is 1. The number of thioether (sulfide) groups is 1. The van der Waals surface area contributed by atoms with E-state index in [1.165, 1.54) is 13.8 Å². The van der Waals surface area contributed by atoms with Crippen molar-refractivity contribution in [2.45, 2.75) is 37.6 Å². The number of alkyl halides is 1. The lowest BCUT2D eigenvalue weighted by Gasteiger charge is -2.33. The Morgan fingerprint density at radius 3 is 2.29 bits per heavy atom. The molecule has 1 heterocycles. The fourth-order valence-corrected chi connectivity index (χ4v) is 2.35. The number of amides is 1. The third-order valence-corrected chi connectivity index (χ3v) is 3.71. The smallest absolute Gasteiger partial charge is 0.259 e. The molecule has 0 atom stereocenters. The largest absolute Gasteiger partial charge is 0.340 e. The van der Waals surface area contributed by atoms with E-state index in [9.17, 15) is 9.18 Å². The summed E-state index contributed by atoms with van der Waals surface area (Å²) in [6, 6.07) is 0. The van der Waals surface area contributed by atoms with E-state index in [4.69, 9.17) is 0 Å². The topological polar surface area (TPSA) is 20.3 Å². The van der Waals surface area contributed by atoms with E-state index in [-0.39, 0.29) is 5.91 Å². The number of nitrogens with zero attached hydrogens (tertiary/aromatic N) is 1. The fraction of sp³-hybridized carbons (Fsp3) is 0.900. The van der Waals surface area contributed by atoms with E-state index in [1.54, 1.807) is 4.90 Å². The highest BCUT2D eigenvalue weighted by molar-refractivity contribution is 7.99. The van der Waals surface area contributed by atoms with Crippen molar-refractivity contribution in [1.29, 1.82) is 0 Å². The van der Waals surface area contributed by atoms with Crippen molar-refractivity contribution >= 4 is 17.7 Å². The van der Waals surface area contributed by atoms with Crippen molar-refractivity contribution in [2.24, 2.45) is 0 Å². The third kappa shape index (κ3) is 2.87. The number of rotatable bonds is 2. The van der Waals surface area contributed by atoms with Crippen molar-refractivity contribution in [3.8, 4) is 0 Å². The molecule has 1 fully saturated rings. The van der Waals surface area contributed by atoms with Gasteiger partial charge in [-0.25, -0.2) is 4.39 Å². The Morgan fingerprint density at radius 2 is 1.93 bits per heavy atom. The molecule has 1 aliphatic rings. The molecular weight excluding hydrogens is 201 g/mol. The molecule has 1 amide bonds. The predicted octanol–water partition coefficient (Wildman–Crippen LogP) is 2.09. The number of carbonyl (C=O) groups excluding carboxylic acids is 1. The summed E-state index contributed by atoms with van der Waals surface area (Å²) in [5.41, 5.74) is -1.72. The maximum Gasteiger partial charge on any atom is 0.259 e. The summed E-state index contributed by atoms with van der Waals surface area (Å²) in [6.07, 6.45) is 4.06. The van der Waals surface area contributed by atoms with Gasteiger partial charge in [0.15, 0.2) is 5.67 Å². The first-order valence-corrected chi connectivity index (χ1v) is 6.25. The van der Waals surface area contributed by atoms with E-state index in [1.807, 2.05) is 11.8 Å². The van der Waals surface area contributed by atoms with Crippen LogP contribution in [0.1, 0.15) is 26.7 Å². The zero-order chi connectivity index (χ0) is 10.8. The second-order valence-corrected chi connectivity index (χ2v) is 5.34. The summed E-state index contributed by atoms with van der Waals surface area (Å²) in [6.45, 7) is 4.07. The second-order valence-electron chi connectivity index (χ2n) is 4.20. The lowest BCUT2D eigenvalue weighted by atomic mass is 10.1. The molecule has 0 unspecified atom stereocenters. The molecule has 0 radical (unpaired) electrons. The van der Waals surface area contributed by atoms with E-state index < -0.39 is 5.67 Å². The van der Waals surface area contributed by atoms with Gasteiger partial charge in [-0.05, 0) is 32.9 Å². The van der Waals surface area contributed by atoms with Gasteiger partial charge in [0.2, 0.25) is 0 Å². The van der Waals surface area contributed by atoms with E-state index in [2.05, 4.69) is 6.26 Å². The average molecular weight is 219 g/mol. The van der Waals surface area contributed by atoms with Crippen molar-refractivity contribution < 1.29 is 9.18 Å². The molecule has 1 saturated heterocycles. The van der Waals surface area contributed by atoms with Crippen LogP contribution in [0.4, 0.5) is 4.39 Å². The molecule has 0 N–H and O–H groups in total. The SMILES string of the molecule is CSC1CCN(C(=O)C(C)(C)F)CC1. The van der Waals surface area contributed by atoms with Crippen LogP contribution >= 0.6 is 11.8 Å². The Kier molecular flexibility index (Phi) is 3.81. The molecular formula is C10H18FNOS. The summed E-state index contributed by atoms with van der Waals surface area (Å²) in [4.78, 5) is 13.2. The van der Waals surface area contributed by atoms with Crippen LogP contribution in [0.5, 0.6) is 0 Å². The zero-order valence-electron chi connectivity index (χ0n) is 9.05. The molecule has 2 nitrogen and oxygen atoms in total. The third-order valence-electron chi connectivity index (χ3n) is 2.57. The van der Waals surface area contributed by atoms with Crippen LogP contribution in [0.3, 0.4) is 0 Å². The molecule has 0 aromatic carbocycles. The van der Waals surface area contributed by atoms with Gasteiger partial charge in [0.1, 0.15) is 0 Å². The fourth-order valence-electron chi connectivity index (χ4n) is 1.67. The monoisotopic (exact) mass is 219 g/mol. The normalized spacial score (nSPS) is 19.9. The zero-order valence-corrected chi connectivity index (χ0v) is 9.86. The number of hydrogen-bond acceptors (Lipinski definition) is 2. The quantitative estimate of drug-likeness (QED) is 0.709. The van der Waals surface area contributed by atoms with Gasteiger partial charge in [0.25, 0.3) is 5.91 Å². The molecule has 0 aromatic rings. The van der Waals surface area contributed by atoms with E-state index >= 15 is 0 Å². The Bertz CT molecular complexity index is 207. The van der Waals surface area contributed by atoms with Gasteiger partial charge in [-0.2, -0.15) is 11.8 Å². The Morgan fingerprint density at radius 1 is 1.43 bits per heavy atom. The number of hydrogen-bond donors (Lipinski definition) is 0. The Balaban J connectivity index is 2.46. The second kappa shape index (κ2) is 4.51. The van der Waals surface area contributed by atoms with Gasteiger partial charge in [0, 0.05) is 18.3 Å². The molecule has 0 bridgehead atoms. The minimum Gasteiger partial charge on any atom is -0.340 e. The molecule has 14 heavy (non-hydrogen) atoms. The molecule has 4 heteroatoms. The lowest BCUT2D eigenvalue weighted by Crippen LogP contribution is -2.46.